The second-order valence-corrected chi connectivity index (χ2v) is 4.51. The van der Waals surface area contributed by atoms with Gasteiger partial charge >= 0.3 is 5.97 Å². The van der Waals surface area contributed by atoms with E-state index in [-0.39, 0.29) is 27.8 Å². The molecule has 0 radical (unpaired) electrons. The van der Waals surface area contributed by atoms with Gasteiger partial charge in [-0.2, -0.15) is 0 Å². The molecule has 0 heterocycles. The summed E-state index contributed by atoms with van der Waals surface area (Å²) in [4.78, 5) is 15.9. The van der Waals surface area contributed by atoms with Gasteiger partial charge in [0.1, 0.15) is 11.6 Å². The van der Waals surface area contributed by atoms with E-state index in [1.54, 1.807) is 0 Å². The summed E-state index contributed by atoms with van der Waals surface area (Å²) in [7, 11) is 1.18. The van der Waals surface area contributed by atoms with Gasteiger partial charge in [0, 0.05) is 11.1 Å². The van der Waals surface area contributed by atoms with Crippen molar-refractivity contribution in [3.8, 4) is 0 Å². The zero-order valence-electron chi connectivity index (χ0n) is 11.9. The van der Waals surface area contributed by atoms with Crippen LogP contribution < -0.4 is 11.5 Å². The zero-order valence-corrected chi connectivity index (χ0v) is 12.7. The van der Waals surface area contributed by atoms with E-state index in [4.69, 9.17) is 23.1 Å². The molecule has 5 nitrogen and oxygen atoms in total. The van der Waals surface area contributed by atoms with Crippen LogP contribution in [0.1, 0.15) is 5.56 Å². The largest absolute Gasteiger partial charge is 0.464 e. The van der Waals surface area contributed by atoms with Crippen LogP contribution in [0.4, 0.5) is 4.39 Å². The molecule has 0 saturated carbocycles. The van der Waals surface area contributed by atoms with Crippen molar-refractivity contribution in [2.75, 3.05) is 7.11 Å². The minimum atomic E-state index is -0.766. The molecule has 0 aliphatic rings. The van der Waals surface area contributed by atoms with E-state index in [1.807, 2.05) is 0 Å². The van der Waals surface area contributed by atoms with Gasteiger partial charge in [-0.15, -0.1) is 0 Å². The smallest absolute Gasteiger partial charge is 0.357 e. The Hall–Kier alpha value is -2.60. The number of hydrogen-bond acceptors (Lipinski definition) is 5. The number of halogens is 2. The maximum Gasteiger partial charge on any atom is 0.357 e. The van der Waals surface area contributed by atoms with Crippen molar-refractivity contribution in [1.29, 1.82) is 0 Å². The minimum absolute atomic E-state index is 0.0914. The molecule has 116 valence electrons. The first-order valence-corrected chi connectivity index (χ1v) is 6.39. The van der Waals surface area contributed by atoms with E-state index in [0.717, 1.165) is 6.07 Å². The number of hydrogen-bond donors (Lipinski definition) is 2. The summed E-state index contributed by atoms with van der Waals surface area (Å²) in [5, 5.41) is -0.0914. The second-order valence-electron chi connectivity index (χ2n) is 4.10. The van der Waals surface area contributed by atoms with Gasteiger partial charge in [0.25, 0.3) is 0 Å². The second kappa shape index (κ2) is 7.42. The fourth-order valence-corrected chi connectivity index (χ4v) is 1.72. The van der Waals surface area contributed by atoms with E-state index in [0.29, 0.717) is 5.56 Å². The molecule has 0 aliphatic heterocycles. The monoisotopic (exact) mass is 323 g/mol. The summed E-state index contributed by atoms with van der Waals surface area (Å²) in [5.41, 5.74) is 11.5. The molecule has 0 amide bonds. The summed E-state index contributed by atoms with van der Waals surface area (Å²) < 4.78 is 17.8. The molecule has 1 aromatic rings. The van der Waals surface area contributed by atoms with E-state index in [2.05, 4.69) is 22.9 Å². The van der Waals surface area contributed by atoms with Crippen LogP contribution in [0.25, 0.3) is 5.70 Å². The third-order valence-electron chi connectivity index (χ3n) is 2.65. The van der Waals surface area contributed by atoms with Crippen LogP contribution in [0.2, 0.25) is 5.02 Å². The van der Waals surface area contributed by atoms with Crippen molar-refractivity contribution in [3.05, 3.63) is 65.2 Å². The number of nitrogens with zero attached hydrogens (tertiary/aromatic N) is 1. The van der Waals surface area contributed by atoms with Gasteiger partial charge in [0.2, 0.25) is 0 Å². The van der Waals surface area contributed by atoms with Gasteiger partial charge in [-0.25, -0.2) is 14.2 Å². The number of rotatable bonds is 5. The first kappa shape index (κ1) is 17.5. The van der Waals surface area contributed by atoms with E-state index < -0.39 is 11.8 Å². The van der Waals surface area contributed by atoms with Crippen LogP contribution in [-0.4, -0.2) is 18.8 Å². The summed E-state index contributed by atoms with van der Waals surface area (Å²) in [6.45, 7) is 7.23. The quantitative estimate of drug-likeness (QED) is 0.494. The van der Waals surface area contributed by atoms with E-state index in [9.17, 15) is 9.18 Å². The first-order valence-electron chi connectivity index (χ1n) is 6.01. The zero-order chi connectivity index (χ0) is 16.9. The number of aliphatic imine (C=N–C) groups is 1. The summed E-state index contributed by atoms with van der Waals surface area (Å²) in [5.74, 6) is -1.49. The lowest BCUT2D eigenvalue weighted by Crippen LogP contribution is -2.23. The van der Waals surface area contributed by atoms with Crippen LogP contribution in [0.3, 0.4) is 0 Å². The molecule has 0 fully saturated rings. The van der Waals surface area contributed by atoms with Crippen LogP contribution in [0, 0.1) is 5.82 Å². The van der Waals surface area contributed by atoms with Crippen LogP contribution in [-0.2, 0) is 9.53 Å². The molecule has 0 aromatic heterocycles. The van der Waals surface area contributed by atoms with Crippen LogP contribution in [0.15, 0.2) is 53.8 Å². The van der Waals surface area contributed by atoms with Crippen molar-refractivity contribution < 1.29 is 13.9 Å². The molecule has 7 heteroatoms. The number of esters is 1. The predicted molar refractivity (Wildman–Crippen MR) is 85.5 cm³/mol. The SMILES string of the molecule is C=CC(=C(N)N)/C(=N\C(=C)c1ccc(F)c(Cl)c1)C(=O)OC. The maximum atomic E-state index is 13.2. The number of carbonyl (C=O) groups excluding carboxylic acids is 1. The molecule has 1 rings (SSSR count). The Morgan fingerprint density at radius 2 is 2.09 bits per heavy atom. The number of methoxy groups -OCH3 is 1. The van der Waals surface area contributed by atoms with Gasteiger partial charge in [0.05, 0.1) is 17.8 Å². The number of carbonyl (C=O) groups is 1. The standard InChI is InChI=1S/C15H15ClFN3O2/c1-4-10(14(18)19)13(15(21)22-3)20-8(2)9-5-6-12(17)11(16)7-9/h4-7H,1-2,18-19H2,3H3/b20-13+. The topological polar surface area (TPSA) is 90.7 Å². The van der Waals surface area contributed by atoms with Gasteiger partial charge in [0.15, 0.2) is 5.71 Å². The van der Waals surface area contributed by atoms with E-state index in [1.165, 1.54) is 25.3 Å². The number of allylic oxidation sites excluding steroid dienone is 1. The molecule has 0 atom stereocenters. The molecule has 0 unspecified atom stereocenters. The molecule has 0 aliphatic carbocycles. The van der Waals surface area contributed by atoms with Gasteiger partial charge in [-0.05, 0) is 18.2 Å². The van der Waals surface area contributed by atoms with E-state index >= 15 is 0 Å². The maximum absolute atomic E-state index is 13.2. The lowest BCUT2D eigenvalue weighted by atomic mass is 10.1. The lowest BCUT2D eigenvalue weighted by Gasteiger charge is -2.09. The third-order valence-corrected chi connectivity index (χ3v) is 2.94. The highest BCUT2D eigenvalue weighted by Gasteiger charge is 2.18. The molecule has 1 aromatic carbocycles. The van der Waals surface area contributed by atoms with Crippen molar-refractivity contribution in [1.82, 2.24) is 0 Å². The molecule has 0 spiro atoms. The average Bonchev–Trinajstić information content (AvgIpc) is 2.48. The number of nitrogens with two attached hydrogens (primary N) is 2. The first-order chi connectivity index (χ1) is 10.3. The van der Waals surface area contributed by atoms with Crippen LogP contribution in [0.5, 0.6) is 0 Å². The Morgan fingerprint density at radius 3 is 2.55 bits per heavy atom. The summed E-state index contributed by atoms with van der Waals surface area (Å²) in [6, 6.07) is 3.92. The normalized spacial score (nSPS) is 10.8. The number of benzene rings is 1. The summed E-state index contributed by atoms with van der Waals surface area (Å²) >= 11 is 5.70. The molecule has 4 N–H and O–H groups in total. The minimum Gasteiger partial charge on any atom is -0.464 e. The van der Waals surface area contributed by atoms with Crippen LogP contribution >= 0.6 is 11.6 Å². The molecular weight excluding hydrogens is 309 g/mol. The third kappa shape index (κ3) is 3.95. The van der Waals surface area contributed by atoms with Crippen molar-refractivity contribution in [2.24, 2.45) is 16.5 Å². The molecule has 0 saturated heterocycles. The average molecular weight is 324 g/mol. The van der Waals surface area contributed by atoms with Crippen molar-refractivity contribution >= 4 is 29.0 Å². The van der Waals surface area contributed by atoms with Crippen molar-refractivity contribution in [2.45, 2.75) is 0 Å². The fraction of sp³-hybridized carbons (Fsp3) is 0.0667. The van der Waals surface area contributed by atoms with Crippen molar-refractivity contribution in [3.63, 3.8) is 0 Å². The Kier molecular flexibility index (Phi) is 5.89. The Morgan fingerprint density at radius 1 is 1.45 bits per heavy atom. The van der Waals surface area contributed by atoms with Gasteiger partial charge in [-0.1, -0.05) is 30.8 Å². The highest BCUT2D eigenvalue weighted by atomic mass is 35.5. The highest BCUT2D eigenvalue weighted by Crippen LogP contribution is 2.22. The Balaban J connectivity index is 3.35. The fourth-order valence-electron chi connectivity index (χ4n) is 1.54. The predicted octanol–water partition coefficient (Wildman–Crippen LogP) is 2.38. The molecule has 22 heavy (non-hydrogen) atoms. The Bertz CT molecular complexity index is 692. The Labute approximate surface area is 132 Å². The molecular formula is C15H15ClFN3O2. The summed E-state index contributed by atoms with van der Waals surface area (Å²) in [6.07, 6.45) is 1.27. The number of ether oxygens (including phenoxy) is 1. The highest BCUT2D eigenvalue weighted by molar-refractivity contribution is 6.44. The van der Waals surface area contributed by atoms with Gasteiger partial charge < -0.3 is 16.2 Å². The molecule has 0 bridgehead atoms. The lowest BCUT2D eigenvalue weighted by molar-refractivity contribution is -0.132. The van der Waals surface area contributed by atoms with Gasteiger partial charge in [-0.3, -0.25) is 0 Å².